The highest BCUT2D eigenvalue weighted by Crippen LogP contribution is 2.17. The molecule has 0 bridgehead atoms. The molecule has 0 N–H and O–H groups in total. The molecule has 0 aliphatic rings. The zero-order valence-corrected chi connectivity index (χ0v) is 11.1. The van der Waals surface area contributed by atoms with Crippen molar-refractivity contribution in [1.82, 2.24) is 0 Å². The second-order valence-corrected chi connectivity index (χ2v) is 5.10. The van der Waals surface area contributed by atoms with Gasteiger partial charge >= 0.3 is 0 Å². The van der Waals surface area contributed by atoms with E-state index < -0.39 is 0 Å². The van der Waals surface area contributed by atoms with Gasteiger partial charge in [-0.15, -0.1) is 0 Å². The maximum atomic E-state index is 3.84. The molecule has 65 valence electrons. The smallest absolute Gasteiger partial charge is 0.0172 e. The molecule has 1 rings (SSSR count). The lowest BCUT2D eigenvalue weighted by Gasteiger charge is -2.03. The third kappa shape index (κ3) is 3.20. The van der Waals surface area contributed by atoms with Crippen molar-refractivity contribution < 1.29 is 0 Å². The van der Waals surface area contributed by atoms with Crippen LogP contribution < -0.4 is 0 Å². The van der Waals surface area contributed by atoms with E-state index in [2.05, 4.69) is 70.3 Å². The molecule has 0 aliphatic heterocycles. The zero-order chi connectivity index (χ0) is 8.97. The Bertz CT molecular complexity index is 256. The quantitative estimate of drug-likeness (QED) is 0.689. The van der Waals surface area contributed by atoms with Crippen LogP contribution in [-0.4, -0.2) is 0 Å². The fourth-order valence-electron chi connectivity index (χ4n) is 1.04. The van der Waals surface area contributed by atoms with Gasteiger partial charge in [0.2, 0.25) is 0 Å². The number of hydrogen-bond acceptors (Lipinski definition) is 0. The Labute approximate surface area is 101 Å². The predicted octanol–water partition coefficient (Wildman–Crippen LogP) is 4.05. The van der Waals surface area contributed by atoms with Crippen LogP contribution in [0.15, 0.2) is 18.2 Å². The summed E-state index contributed by atoms with van der Waals surface area (Å²) in [5, 5.41) is 0. The monoisotopic (exact) mass is 385 g/mol. The Morgan fingerprint density at radius 3 is 2.58 bits per heavy atom. The van der Waals surface area contributed by atoms with Crippen molar-refractivity contribution in [2.75, 3.05) is 0 Å². The first-order valence-corrected chi connectivity index (χ1v) is 6.13. The summed E-state index contributed by atoms with van der Waals surface area (Å²) in [6.07, 6.45) is 3.39. The van der Waals surface area contributed by atoms with Crippen LogP contribution >= 0.6 is 45.2 Å². The highest BCUT2D eigenvalue weighted by molar-refractivity contribution is 14.1. The Kier molecular flexibility index (Phi) is 4.86. The van der Waals surface area contributed by atoms with Crippen LogP contribution in [0.1, 0.15) is 18.4 Å². The average molecular weight is 385 g/mol. The summed E-state index contributed by atoms with van der Waals surface area (Å²) >= 11 is 4.74. The van der Waals surface area contributed by atoms with Crippen LogP contribution in [0.25, 0.3) is 0 Å². The molecule has 0 atom stereocenters. The van der Waals surface area contributed by atoms with Crippen molar-refractivity contribution in [3.8, 4) is 0 Å². The van der Waals surface area contributed by atoms with Gasteiger partial charge in [0, 0.05) is 7.14 Å². The van der Waals surface area contributed by atoms with Crippen LogP contribution in [0.5, 0.6) is 0 Å². The van der Waals surface area contributed by atoms with E-state index in [-0.39, 0.29) is 0 Å². The fraction of sp³-hybridized carbons (Fsp3) is 0.300. The van der Waals surface area contributed by atoms with Gasteiger partial charge in [-0.25, -0.2) is 0 Å². The zero-order valence-electron chi connectivity index (χ0n) is 6.82. The lowest BCUT2D eigenvalue weighted by molar-refractivity contribution is 0.837. The first-order chi connectivity index (χ1) is 5.74. The van der Waals surface area contributed by atoms with Crippen LogP contribution in [0, 0.1) is 14.1 Å². The van der Waals surface area contributed by atoms with Crippen molar-refractivity contribution in [2.24, 2.45) is 0 Å². The van der Waals surface area contributed by atoms with Gasteiger partial charge in [-0.05, 0) is 75.7 Å². The van der Waals surface area contributed by atoms with Crippen molar-refractivity contribution in [3.05, 3.63) is 37.8 Å². The molecule has 0 fully saturated rings. The minimum Gasteiger partial charge on any atom is -0.0569 e. The van der Waals surface area contributed by atoms with Crippen LogP contribution in [0.4, 0.5) is 0 Å². The number of benzene rings is 1. The molecule has 1 aromatic carbocycles. The lowest BCUT2D eigenvalue weighted by Crippen LogP contribution is -1.89. The topological polar surface area (TPSA) is 0 Å². The lowest BCUT2D eigenvalue weighted by atomic mass is 10.1. The Hall–Kier alpha value is 0.680. The number of hydrogen-bond donors (Lipinski definition) is 0. The van der Waals surface area contributed by atoms with Gasteiger partial charge in [0.1, 0.15) is 0 Å². The summed E-state index contributed by atoms with van der Waals surface area (Å²) in [6.45, 7) is 3.84. The molecule has 0 saturated carbocycles. The summed E-state index contributed by atoms with van der Waals surface area (Å²) in [4.78, 5) is 0. The standard InChI is InChI=1S/C10H11I2/c1-2-3-4-8-5-6-9(11)7-10(8)12/h5-7H,1-4H2. The van der Waals surface area contributed by atoms with Crippen LogP contribution in [-0.2, 0) is 6.42 Å². The molecule has 0 aromatic heterocycles. The predicted molar refractivity (Wildman–Crippen MR) is 70.2 cm³/mol. The first-order valence-electron chi connectivity index (χ1n) is 3.97. The highest BCUT2D eigenvalue weighted by Gasteiger charge is 1.98. The van der Waals surface area contributed by atoms with E-state index in [1.54, 1.807) is 0 Å². The first kappa shape index (κ1) is 10.8. The third-order valence-corrected chi connectivity index (χ3v) is 3.39. The van der Waals surface area contributed by atoms with E-state index in [4.69, 9.17) is 0 Å². The molecular formula is C10H11I2. The number of rotatable bonds is 3. The number of halogens is 2. The molecule has 0 unspecified atom stereocenters. The SMILES string of the molecule is [CH2]CCCc1ccc(I)cc1I. The molecule has 0 spiro atoms. The van der Waals surface area contributed by atoms with Gasteiger partial charge in [-0.2, -0.15) is 0 Å². The van der Waals surface area contributed by atoms with E-state index in [0.717, 1.165) is 6.42 Å². The molecule has 1 aromatic rings. The molecule has 0 aliphatic carbocycles. The van der Waals surface area contributed by atoms with Crippen LogP contribution in [0.2, 0.25) is 0 Å². The Balaban J connectivity index is 2.72. The summed E-state index contributed by atoms with van der Waals surface area (Å²) in [5.41, 5.74) is 1.46. The Morgan fingerprint density at radius 2 is 2.00 bits per heavy atom. The normalized spacial score (nSPS) is 10.2. The van der Waals surface area contributed by atoms with Crippen molar-refractivity contribution >= 4 is 45.2 Å². The minimum atomic E-state index is 1.03. The van der Waals surface area contributed by atoms with Gasteiger partial charge in [0.15, 0.2) is 0 Å². The van der Waals surface area contributed by atoms with Crippen molar-refractivity contribution in [1.29, 1.82) is 0 Å². The second-order valence-electron chi connectivity index (χ2n) is 2.69. The van der Waals surface area contributed by atoms with E-state index in [1.807, 2.05) is 0 Å². The maximum Gasteiger partial charge on any atom is 0.0172 e. The number of aryl methyl sites for hydroxylation is 1. The van der Waals surface area contributed by atoms with Gasteiger partial charge in [-0.3, -0.25) is 0 Å². The molecule has 12 heavy (non-hydrogen) atoms. The molecule has 0 heterocycles. The second kappa shape index (κ2) is 5.42. The van der Waals surface area contributed by atoms with Gasteiger partial charge in [-0.1, -0.05) is 19.4 Å². The molecule has 2 heteroatoms. The fourth-order valence-corrected chi connectivity index (χ4v) is 2.91. The maximum absolute atomic E-state index is 3.84. The molecule has 0 saturated heterocycles. The summed E-state index contributed by atoms with van der Waals surface area (Å²) in [6, 6.07) is 6.61. The molecule has 0 nitrogen and oxygen atoms in total. The average Bonchev–Trinajstić information content (AvgIpc) is 2.03. The van der Waals surface area contributed by atoms with E-state index in [0.29, 0.717) is 0 Å². The van der Waals surface area contributed by atoms with E-state index in [1.165, 1.54) is 25.5 Å². The largest absolute Gasteiger partial charge is 0.0569 e. The van der Waals surface area contributed by atoms with Crippen LogP contribution in [0.3, 0.4) is 0 Å². The van der Waals surface area contributed by atoms with E-state index in [9.17, 15) is 0 Å². The minimum absolute atomic E-state index is 1.03. The third-order valence-electron chi connectivity index (χ3n) is 1.71. The van der Waals surface area contributed by atoms with Gasteiger partial charge < -0.3 is 0 Å². The Morgan fingerprint density at radius 1 is 1.25 bits per heavy atom. The highest BCUT2D eigenvalue weighted by atomic mass is 127. The van der Waals surface area contributed by atoms with Crippen molar-refractivity contribution in [2.45, 2.75) is 19.3 Å². The van der Waals surface area contributed by atoms with Gasteiger partial charge in [0.05, 0.1) is 0 Å². The summed E-state index contributed by atoms with van der Waals surface area (Å²) in [5.74, 6) is 0. The molecular weight excluding hydrogens is 374 g/mol. The summed E-state index contributed by atoms with van der Waals surface area (Å²) < 4.78 is 2.70. The van der Waals surface area contributed by atoms with E-state index >= 15 is 0 Å². The van der Waals surface area contributed by atoms with Gasteiger partial charge in [0.25, 0.3) is 0 Å². The molecule has 1 radical (unpaired) electrons. The number of unbranched alkanes of at least 4 members (excludes halogenated alkanes) is 1. The van der Waals surface area contributed by atoms with Crippen molar-refractivity contribution in [3.63, 3.8) is 0 Å². The molecule has 0 amide bonds. The summed E-state index contributed by atoms with van der Waals surface area (Å²) in [7, 11) is 0.